The number of nitrogens with zero attached hydrogens (tertiary/aromatic N) is 1. The van der Waals surface area contributed by atoms with Gasteiger partial charge in [-0.1, -0.05) is 46.3 Å². The summed E-state index contributed by atoms with van der Waals surface area (Å²) >= 11 is 3.47. The molecule has 0 bridgehead atoms. The van der Waals surface area contributed by atoms with Gasteiger partial charge >= 0.3 is 0 Å². The van der Waals surface area contributed by atoms with Gasteiger partial charge < -0.3 is 9.88 Å². The van der Waals surface area contributed by atoms with Crippen molar-refractivity contribution in [1.29, 1.82) is 0 Å². The minimum atomic E-state index is -0.0555. The van der Waals surface area contributed by atoms with Crippen molar-refractivity contribution in [2.24, 2.45) is 7.05 Å². The topological polar surface area (TPSA) is 34.0 Å². The van der Waals surface area contributed by atoms with E-state index in [-0.39, 0.29) is 11.9 Å². The summed E-state index contributed by atoms with van der Waals surface area (Å²) in [6.07, 6.45) is 1.88. The zero-order chi connectivity index (χ0) is 15.7. The van der Waals surface area contributed by atoms with Crippen LogP contribution in [0.25, 0.3) is 10.9 Å². The maximum Gasteiger partial charge on any atom is 0.253 e. The number of hydrogen-bond acceptors (Lipinski definition) is 1. The van der Waals surface area contributed by atoms with E-state index >= 15 is 0 Å². The van der Waals surface area contributed by atoms with E-state index in [2.05, 4.69) is 21.2 Å². The van der Waals surface area contributed by atoms with Crippen molar-refractivity contribution in [2.75, 3.05) is 0 Å². The van der Waals surface area contributed by atoms with Crippen LogP contribution in [-0.4, -0.2) is 10.5 Å². The Balaban J connectivity index is 1.91. The zero-order valence-corrected chi connectivity index (χ0v) is 14.1. The number of aromatic nitrogens is 1. The second kappa shape index (κ2) is 5.97. The minimum absolute atomic E-state index is 0.0314. The molecular weight excluding hydrogens is 340 g/mol. The van der Waals surface area contributed by atoms with Crippen molar-refractivity contribution in [3.8, 4) is 0 Å². The Morgan fingerprint density at radius 2 is 1.91 bits per heavy atom. The van der Waals surface area contributed by atoms with Crippen LogP contribution in [0.3, 0.4) is 0 Å². The number of aryl methyl sites for hydroxylation is 1. The fraction of sp³-hybridized carbons (Fsp3) is 0.167. The summed E-state index contributed by atoms with van der Waals surface area (Å²) in [6.45, 7) is 1.99. The molecule has 0 fully saturated rings. The molecule has 0 unspecified atom stereocenters. The molecule has 0 radical (unpaired) electrons. The first-order valence-electron chi connectivity index (χ1n) is 7.16. The lowest BCUT2D eigenvalue weighted by Crippen LogP contribution is -2.26. The first-order chi connectivity index (χ1) is 10.6. The summed E-state index contributed by atoms with van der Waals surface area (Å²) in [7, 11) is 1.95. The van der Waals surface area contributed by atoms with E-state index in [0.29, 0.717) is 5.56 Å². The van der Waals surface area contributed by atoms with E-state index in [1.165, 1.54) is 0 Å². The van der Waals surface area contributed by atoms with Crippen molar-refractivity contribution in [2.45, 2.75) is 13.0 Å². The molecule has 1 aromatic heterocycles. The molecule has 1 atom stereocenters. The van der Waals surface area contributed by atoms with Gasteiger partial charge in [0.25, 0.3) is 5.91 Å². The maximum atomic E-state index is 12.6. The molecule has 0 saturated carbocycles. The van der Waals surface area contributed by atoms with Gasteiger partial charge in [-0.15, -0.1) is 0 Å². The van der Waals surface area contributed by atoms with Gasteiger partial charge in [-0.25, -0.2) is 0 Å². The van der Waals surface area contributed by atoms with Gasteiger partial charge in [0.05, 0.1) is 11.6 Å². The molecule has 3 nitrogen and oxygen atoms in total. The fourth-order valence-corrected chi connectivity index (χ4v) is 3.01. The summed E-state index contributed by atoms with van der Waals surface area (Å²) in [5.41, 5.74) is 2.83. The van der Waals surface area contributed by atoms with Gasteiger partial charge in [-0.05, 0) is 30.7 Å². The standard InChI is InChI=1S/C18H17BrN2O/c1-12(13-6-4-3-5-7-13)20-18(22)16-11-21(2)17-9-8-14(19)10-15(16)17/h3-12H,1-2H3,(H,20,22)/t12-/m0/s1. The minimum Gasteiger partial charge on any atom is -0.350 e. The highest BCUT2D eigenvalue weighted by molar-refractivity contribution is 9.10. The normalized spacial score (nSPS) is 12.3. The third kappa shape index (κ3) is 2.79. The lowest BCUT2D eigenvalue weighted by Gasteiger charge is -2.13. The number of carbonyl (C=O) groups excluding carboxylic acids is 1. The number of carbonyl (C=O) groups is 1. The van der Waals surface area contributed by atoms with Crippen LogP contribution in [0.15, 0.2) is 59.2 Å². The summed E-state index contributed by atoms with van der Waals surface area (Å²) in [6, 6.07) is 15.9. The average Bonchev–Trinajstić information content (AvgIpc) is 2.84. The summed E-state index contributed by atoms with van der Waals surface area (Å²) in [5.74, 6) is -0.0555. The van der Waals surface area contributed by atoms with E-state index in [1.54, 1.807) is 0 Å². The quantitative estimate of drug-likeness (QED) is 0.739. The molecule has 22 heavy (non-hydrogen) atoms. The van der Waals surface area contributed by atoms with Crippen molar-refractivity contribution in [1.82, 2.24) is 9.88 Å². The number of hydrogen-bond donors (Lipinski definition) is 1. The molecule has 0 aliphatic rings. The van der Waals surface area contributed by atoms with Crippen molar-refractivity contribution < 1.29 is 4.79 Å². The fourth-order valence-electron chi connectivity index (χ4n) is 2.64. The zero-order valence-electron chi connectivity index (χ0n) is 12.5. The number of fused-ring (bicyclic) bond motifs is 1. The van der Waals surface area contributed by atoms with Crippen LogP contribution in [-0.2, 0) is 7.05 Å². The van der Waals surface area contributed by atoms with Gasteiger partial charge in [0.15, 0.2) is 0 Å². The first-order valence-corrected chi connectivity index (χ1v) is 7.96. The Hall–Kier alpha value is -2.07. The first kappa shape index (κ1) is 14.9. The predicted molar refractivity (Wildman–Crippen MR) is 92.9 cm³/mol. The number of amides is 1. The molecule has 0 spiro atoms. The molecule has 3 aromatic rings. The molecule has 0 aliphatic carbocycles. The number of halogens is 1. The number of benzene rings is 2. The Morgan fingerprint density at radius 1 is 1.18 bits per heavy atom. The van der Waals surface area contributed by atoms with Gasteiger partial charge in [-0.3, -0.25) is 4.79 Å². The maximum absolute atomic E-state index is 12.6. The molecule has 4 heteroatoms. The third-order valence-corrected chi connectivity index (χ3v) is 4.34. The lowest BCUT2D eigenvalue weighted by atomic mass is 10.1. The van der Waals surface area contributed by atoms with Crippen molar-refractivity contribution >= 4 is 32.7 Å². The van der Waals surface area contributed by atoms with Gasteiger partial charge in [0.1, 0.15) is 0 Å². The largest absolute Gasteiger partial charge is 0.350 e. The summed E-state index contributed by atoms with van der Waals surface area (Å²) in [4.78, 5) is 12.6. The van der Waals surface area contributed by atoms with Gasteiger partial charge in [-0.2, -0.15) is 0 Å². The second-order valence-electron chi connectivity index (χ2n) is 5.42. The summed E-state index contributed by atoms with van der Waals surface area (Å²) < 4.78 is 2.94. The van der Waals surface area contributed by atoms with E-state index in [1.807, 2.05) is 73.3 Å². The van der Waals surface area contributed by atoms with E-state index in [0.717, 1.165) is 20.9 Å². The molecular formula is C18H17BrN2O. The van der Waals surface area contributed by atoms with Crippen LogP contribution >= 0.6 is 15.9 Å². The summed E-state index contributed by atoms with van der Waals surface area (Å²) in [5, 5.41) is 4.02. The average molecular weight is 357 g/mol. The SMILES string of the molecule is C[C@H](NC(=O)c1cn(C)c2ccc(Br)cc12)c1ccccc1. The Bertz CT molecular complexity index is 824. The lowest BCUT2D eigenvalue weighted by molar-refractivity contribution is 0.0941. The van der Waals surface area contributed by atoms with E-state index in [4.69, 9.17) is 0 Å². The van der Waals surface area contributed by atoms with Crippen LogP contribution in [0.4, 0.5) is 0 Å². The number of nitrogens with one attached hydrogen (secondary N) is 1. The highest BCUT2D eigenvalue weighted by Crippen LogP contribution is 2.25. The molecule has 1 N–H and O–H groups in total. The van der Waals surface area contributed by atoms with Crippen LogP contribution in [0.2, 0.25) is 0 Å². The van der Waals surface area contributed by atoms with Crippen LogP contribution < -0.4 is 5.32 Å². The second-order valence-corrected chi connectivity index (χ2v) is 6.34. The number of rotatable bonds is 3. The highest BCUT2D eigenvalue weighted by atomic mass is 79.9. The monoisotopic (exact) mass is 356 g/mol. The van der Waals surface area contributed by atoms with Crippen LogP contribution in [0.1, 0.15) is 28.9 Å². The van der Waals surface area contributed by atoms with E-state index in [9.17, 15) is 4.79 Å². The molecule has 3 rings (SSSR count). The Morgan fingerprint density at radius 3 is 2.64 bits per heavy atom. The third-order valence-electron chi connectivity index (χ3n) is 3.84. The van der Waals surface area contributed by atoms with Crippen molar-refractivity contribution in [3.05, 3.63) is 70.3 Å². The molecule has 0 saturated heterocycles. The van der Waals surface area contributed by atoms with Crippen molar-refractivity contribution in [3.63, 3.8) is 0 Å². The predicted octanol–water partition coefficient (Wildman–Crippen LogP) is 4.43. The Labute approximate surface area is 138 Å². The van der Waals surface area contributed by atoms with Crippen LogP contribution in [0.5, 0.6) is 0 Å². The molecule has 112 valence electrons. The van der Waals surface area contributed by atoms with Crippen LogP contribution in [0, 0.1) is 0 Å². The smallest absolute Gasteiger partial charge is 0.253 e. The van der Waals surface area contributed by atoms with E-state index < -0.39 is 0 Å². The van der Waals surface area contributed by atoms with Gasteiger partial charge in [0.2, 0.25) is 0 Å². The molecule has 0 aliphatic heterocycles. The van der Waals surface area contributed by atoms with Gasteiger partial charge in [0, 0.05) is 28.6 Å². The molecule has 1 heterocycles. The Kier molecular flexibility index (Phi) is 4.03. The highest BCUT2D eigenvalue weighted by Gasteiger charge is 2.16. The molecule has 2 aromatic carbocycles. The molecule has 1 amide bonds.